The quantitative estimate of drug-likeness (QED) is 0.476. The van der Waals surface area contributed by atoms with Crippen molar-refractivity contribution in [2.75, 3.05) is 6.61 Å². The number of nitrogens with one attached hydrogen (secondary N) is 1. The lowest BCUT2D eigenvalue weighted by atomic mass is 10.0. The zero-order valence-corrected chi connectivity index (χ0v) is 19.8. The van der Waals surface area contributed by atoms with Crippen LogP contribution in [0, 0.1) is 12.7 Å². The highest BCUT2D eigenvalue weighted by molar-refractivity contribution is 5.88. The predicted octanol–water partition coefficient (Wildman–Crippen LogP) is 4.68. The lowest BCUT2D eigenvalue weighted by molar-refractivity contribution is -0.143. The summed E-state index contributed by atoms with van der Waals surface area (Å²) in [6, 6.07) is 22.2. The van der Waals surface area contributed by atoms with E-state index >= 15 is 0 Å². The number of hydrogen-bond acceptors (Lipinski definition) is 3. The highest BCUT2D eigenvalue weighted by atomic mass is 19.1. The molecule has 6 heteroatoms. The number of aryl methyl sites for hydroxylation is 1. The standard InChI is InChI=1S/C28H31FN2O3/c1-20(2)30-28(33)26(17-22-9-5-4-6-10-22)31(18-23-11-7-8-21(3)16-23)27(32)19-34-25-14-12-24(29)13-15-25/h4-16,20,26H,17-19H2,1-3H3,(H,30,33)/t26-/m0/s1. The molecule has 0 saturated heterocycles. The molecule has 34 heavy (non-hydrogen) atoms. The number of benzene rings is 3. The van der Waals surface area contributed by atoms with E-state index in [2.05, 4.69) is 5.32 Å². The number of halogens is 1. The fraction of sp³-hybridized carbons (Fsp3) is 0.286. The van der Waals surface area contributed by atoms with Crippen molar-refractivity contribution in [3.63, 3.8) is 0 Å². The molecule has 0 aliphatic heterocycles. The number of nitrogens with zero attached hydrogens (tertiary/aromatic N) is 1. The van der Waals surface area contributed by atoms with Crippen molar-refractivity contribution in [2.45, 2.75) is 45.8 Å². The Kier molecular flexibility index (Phi) is 8.79. The third kappa shape index (κ3) is 7.44. The Labute approximate surface area is 200 Å². The lowest BCUT2D eigenvalue weighted by Crippen LogP contribution is -2.52. The van der Waals surface area contributed by atoms with E-state index in [0.29, 0.717) is 12.2 Å². The van der Waals surface area contributed by atoms with Crippen LogP contribution in [0.4, 0.5) is 4.39 Å². The first-order valence-electron chi connectivity index (χ1n) is 11.4. The maximum absolute atomic E-state index is 13.4. The highest BCUT2D eigenvalue weighted by Crippen LogP contribution is 2.17. The molecule has 1 N–H and O–H groups in total. The summed E-state index contributed by atoms with van der Waals surface area (Å²) >= 11 is 0. The van der Waals surface area contributed by atoms with Gasteiger partial charge in [-0.1, -0.05) is 60.2 Å². The number of carbonyl (C=O) groups excluding carboxylic acids is 2. The molecule has 0 heterocycles. The number of ether oxygens (including phenoxy) is 1. The molecule has 2 amide bonds. The Hall–Kier alpha value is -3.67. The monoisotopic (exact) mass is 462 g/mol. The molecule has 5 nitrogen and oxygen atoms in total. The molecule has 0 aliphatic carbocycles. The molecule has 0 aliphatic rings. The third-order valence-corrected chi connectivity index (χ3v) is 5.31. The molecule has 0 unspecified atom stereocenters. The maximum atomic E-state index is 13.4. The molecular weight excluding hydrogens is 431 g/mol. The molecule has 0 bridgehead atoms. The smallest absolute Gasteiger partial charge is 0.261 e. The topological polar surface area (TPSA) is 58.6 Å². The van der Waals surface area contributed by atoms with Gasteiger partial charge in [-0.3, -0.25) is 9.59 Å². The molecule has 3 rings (SSSR count). The summed E-state index contributed by atoms with van der Waals surface area (Å²) in [5, 5.41) is 2.96. The fourth-order valence-corrected chi connectivity index (χ4v) is 3.70. The van der Waals surface area contributed by atoms with Crippen molar-refractivity contribution in [1.29, 1.82) is 0 Å². The summed E-state index contributed by atoms with van der Waals surface area (Å²) in [5.74, 6) is -0.545. The summed E-state index contributed by atoms with van der Waals surface area (Å²) in [4.78, 5) is 28.3. The van der Waals surface area contributed by atoms with E-state index < -0.39 is 6.04 Å². The number of amides is 2. The average Bonchev–Trinajstić information content (AvgIpc) is 2.81. The first kappa shape index (κ1) is 25.0. The van der Waals surface area contributed by atoms with E-state index in [1.54, 1.807) is 4.90 Å². The van der Waals surface area contributed by atoms with Gasteiger partial charge in [0.25, 0.3) is 5.91 Å². The Morgan fingerprint density at radius 1 is 0.941 bits per heavy atom. The summed E-state index contributed by atoms with van der Waals surface area (Å²) < 4.78 is 18.9. The van der Waals surface area contributed by atoms with E-state index in [-0.39, 0.29) is 36.8 Å². The van der Waals surface area contributed by atoms with Gasteiger partial charge in [0.2, 0.25) is 5.91 Å². The van der Waals surface area contributed by atoms with Gasteiger partial charge in [0.15, 0.2) is 6.61 Å². The van der Waals surface area contributed by atoms with E-state index in [1.807, 2.05) is 75.4 Å². The maximum Gasteiger partial charge on any atom is 0.261 e. The fourth-order valence-electron chi connectivity index (χ4n) is 3.70. The Bertz CT molecular complexity index is 1080. The van der Waals surface area contributed by atoms with E-state index in [4.69, 9.17) is 4.74 Å². The molecule has 3 aromatic rings. The second-order valence-corrected chi connectivity index (χ2v) is 8.62. The van der Waals surface area contributed by atoms with Crippen LogP contribution in [0.1, 0.15) is 30.5 Å². The van der Waals surface area contributed by atoms with Gasteiger partial charge in [-0.2, -0.15) is 0 Å². The summed E-state index contributed by atoms with van der Waals surface area (Å²) in [5.41, 5.74) is 2.94. The number of carbonyl (C=O) groups is 2. The minimum Gasteiger partial charge on any atom is -0.484 e. The van der Waals surface area contributed by atoms with Gasteiger partial charge in [-0.05, 0) is 56.2 Å². The zero-order chi connectivity index (χ0) is 24.5. The van der Waals surface area contributed by atoms with Crippen molar-refractivity contribution in [1.82, 2.24) is 10.2 Å². The van der Waals surface area contributed by atoms with Crippen LogP contribution in [0.5, 0.6) is 5.75 Å². The van der Waals surface area contributed by atoms with Crippen LogP contribution in [0.3, 0.4) is 0 Å². The van der Waals surface area contributed by atoms with Crippen molar-refractivity contribution in [2.24, 2.45) is 0 Å². The molecule has 3 aromatic carbocycles. The minimum absolute atomic E-state index is 0.0721. The third-order valence-electron chi connectivity index (χ3n) is 5.31. The van der Waals surface area contributed by atoms with E-state index in [0.717, 1.165) is 16.7 Å². The number of rotatable bonds is 10. The summed E-state index contributed by atoms with van der Waals surface area (Å²) in [7, 11) is 0. The molecule has 0 aromatic heterocycles. The highest BCUT2D eigenvalue weighted by Gasteiger charge is 2.31. The van der Waals surface area contributed by atoms with Gasteiger partial charge in [0.1, 0.15) is 17.6 Å². The minimum atomic E-state index is -0.727. The van der Waals surface area contributed by atoms with Crippen molar-refractivity contribution in [3.05, 3.63) is 101 Å². The van der Waals surface area contributed by atoms with E-state index in [1.165, 1.54) is 24.3 Å². The van der Waals surface area contributed by atoms with Gasteiger partial charge in [-0.25, -0.2) is 4.39 Å². The van der Waals surface area contributed by atoms with Gasteiger partial charge < -0.3 is 15.0 Å². The van der Waals surface area contributed by atoms with Gasteiger partial charge in [-0.15, -0.1) is 0 Å². The average molecular weight is 463 g/mol. The molecule has 0 radical (unpaired) electrons. The first-order chi connectivity index (χ1) is 16.3. The molecular formula is C28H31FN2O3. The molecule has 0 spiro atoms. The Balaban J connectivity index is 1.90. The van der Waals surface area contributed by atoms with Crippen molar-refractivity contribution in [3.8, 4) is 5.75 Å². The number of hydrogen-bond donors (Lipinski definition) is 1. The summed E-state index contributed by atoms with van der Waals surface area (Å²) in [6.07, 6.45) is 0.369. The van der Waals surface area contributed by atoms with Gasteiger partial charge in [0, 0.05) is 19.0 Å². The van der Waals surface area contributed by atoms with Crippen LogP contribution in [-0.2, 0) is 22.6 Å². The first-order valence-corrected chi connectivity index (χ1v) is 11.4. The SMILES string of the molecule is Cc1cccc(CN(C(=O)COc2ccc(F)cc2)[C@@H](Cc2ccccc2)C(=O)NC(C)C)c1. The van der Waals surface area contributed by atoms with Crippen molar-refractivity contribution >= 4 is 11.8 Å². The van der Waals surface area contributed by atoms with Crippen LogP contribution in [0.2, 0.25) is 0 Å². The normalized spacial score (nSPS) is 11.7. The summed E-state index contributed by atoms with van der Waals surface area (Å²) in [6.45, 7) is 5.76. The largest absolute Gasteiger partial charge is 0.484 e. The Morgan fingerprint density at radius 3 is 2.26 bits per heavy atom. The Morgan fingerprint density at radius 2 is 1.62 bits per heavy atom. The molecule has 0 fully saturated rings. The van der Waals surface area contributed by atoms with Crippen LogP contribution in [0.25, 0.3) is 0 Å². The van der Waals surface area contributed by atoms with Gasteiger partial charge in [0.05, 0.1) is 0 Å². The molecule has 1 atom stereocenters. The van der Waals surface area contributed by atoms with E-state index in [9.17, 15) is 14.0 Å². The van der Waals surface area contributed by atoms with Crippen LogP contribution < -0.4 is 10.1 Å². The predicted molar refractivity (Wildman–Crippen MR) is 131 cm³/mol. The van der Waals surface area contributed by atoms with Crippen LogP contribution in [-0.4, -0.2) is 35.4 Å². The molecule has 178 valence electrons. The van der Waals surface area contributed by atoms with Gasteiger partial charge >= 0.3 is 0 Å². The second kappa shape index (κ2) is 12.0. The van der Waals surface area contributed by atoms with Crippen molar-refractivity contribution < 1.29 is 18.7 Å². The second-order valence-electron chi connectivity index (χ2n) is 8.62. The zero-order valence-electron chi connectivity index (χ0n) is 19.8. The van der Waals surface area contributed by atoms with Crippen LogP contribution >= 0.6 is 0 Å². The molecule has 0 saturated carbocycles. The lowest BCUT2D eigenvalue weighted by Gasteiger charge is -2.32. The van der Waals surface area contributed by atoms with Crippen LogP contribution in [0.15, 0.2) is 78.9 Å².